The lowest BCUT2D eigenvalue weighted by atomic mass is 10.1. The van der Waals surface area contributed by atoms with E-state index in [4.69, 9.17) is 4.74 Å². The Balaban J connectivity index is 2.83. The molecule has 7 heteroatoms. The predicted octanol–water partition coefficient (Wildman–Crippen LogP) is 2.79. The average Bonchev–Trinajstić information content (AvgIpc) is 2.54. The highest BCUT2D eigenvalue weighted by atomic mass is 16.6. The molecule has 0 atom stereocenters. The Labute approximate surface area is 135 Å². The molecule has 0 saturated carbocycles. The van der Waals surface area contributed by atoms with Crippen LogP contribution < -0.4 is 0 Å². The van der Waals surface area contributed by atoms with Crippen LogP contribution in [0, 0.1) is 10.1 Å². The first-order chi connectivity index (χ1) is 11.0. The van der Waals surface area contributed by atoms with Gasteiger partial charge in [-0.2, -0.15) is 0 Å². The fraction of sp³-hybridized carbons (Fsp3) is 0.500. The van der Waals surface area contributed by atoms with E-state index < -0.39 is 4.92 Å². The number of nitrogens with zero attached hydrogens (tertiary/aromatic N) is 2. The maximum absolute atomic E-state index is 12.5. The molecule has 0 bridgehead atoms. The molecular formula is C16H22N2O5. The fourth-order valence-electron chi connectivity index (χ4n) is 2.06. The lowest BCUT2D eigenvalue weighted by molar-refractivity contribution is -0.384. The quantitative estimate of drug-likeness (QED) is 0.396. The second-order valence-electron chi connectivity index (χ2n) is 5.01. The number of hydrogen-bond acceptors (Lipinski definition) is 5. The summed E-state index contributed by atoms with van der Waals surface area (Å²) >= 11 is 0. The number of amides is 1. The minimum Gasteiger partial charge on any atom is -0.466 e. The van der Waals surface area contributed by atoms with Crippen molar-refractivity contribution in [3.8, 4) is 0 Å². The summed E-state index contributed by atoms with van der Waals surface area (Å²) in [6.45, 7) is 4.76. The van der Waals surface area contributed by atoms with Crippen LogP contribution in [0.4, 0.5) is 5.69 Å². The number of carbonyl (C=O) groups excluding carboxylic acids is 2. The summed E-state index contributed by atoms with van der Waals surface area (Å²) in [6, 6.07) is 5.62. The molecule has 0 aliphatic rings. The topological polar surface area (TPSA) is 89.8 Å². The Bertz CT molecular complexity index is 559. The number of rotatable bonds is 9. The van der Waals surface area contributed by atoms with E-state index in [0.29, 0.717) is 13.2 Å². The third-order valence-electron chi connectivity index (χ3n) is 3.26. The van der Waals surface area contributed by atoms with Gasteiger partial charge in [-0.25, -0.2) is 0 Å². The fourth-order valence-corrected chi connectivity index (χ4v) is 2.06. The van der Waals surface area contributed by atoms with Crippen molar-refractivity contribution in [2.24, 2.45) is 0 Å². The van der Waals surface area contributed by atoms with Crippen molar-refractivity contribution in [1.29, 1.82) is 0 Å². The number of hydrogen-bond donors (Lipinski definition) is 0. The summed E-state index contributed by atoms with van der Waals surface area (Å²) in [5, 5.41) is 10.8. The molecule has 0 fully saturated rings. The van der Waals surface area contributed by atoms with Crippen molar-refractivity contribution >= 4 is 17.6 Å². The van der Waals surface area contributed by atoms with Crippen molar-refractivity contribution in [2.75, 3.05) is 19.7 Å². The van der Waals surface area contributed by atoms with Crippen molar-refractivity contribution in [3.63, 3.8) is 0 Å². The number of unbranched alkanes of at least 4 members (excludes halogenated alkanes) is 1. The van der Waals surface area contributed by atoms with Gasteiger partial charge in [0.1, 0.15) is 0 Å². The Morgan fingerprint density at radius 3 is 2.61 bits per heavy atom. The largest absolute Gasteiger partial charge is 0.466 e. The van der Waals surface area contributed by atoms with Gasteiger partial charge in [0.25, 0.3) is 11.6 Å². The summed E-state index contributed by atoms with van der Waals surface area (Å²) in [7, 11) is 0. The summed E-state index contributed by atoms with van der Waals surface area (Å²) in [4.78, 5) is 35.9. The molecule has 23 heavy (non-hydrogen) atoms. The Hall–Kier alpha value is -2.44. The third kappa shape index (κ3) is 6.06. The summed E-state index contributed by atoms with van der Waals surface area (Å²) in [5.74, 6) is -0.674. The van der Waals surface area contributed by atoms with Gasteiger partial charge in [0.15, 0.2) is 0 Å². The Morgan fingerprint density at radius 2 is 2.00 bits per heavy atom. The zero-order chi connectivity index (χ0) is 17.2. The van der Waals surface area contributed by atoms with Gasteiger partial charge in [-0.1, -0.05) is 19.4 Å². The number of nitro benzene ring substituents is 1. The first-order valence-corrected chi connectivity index (χ1v) is 7.68. The molecular weight excluding hydrogens is 300 g/mol. The number of carbonyl (C=O) groups is 2. The molecule has 126 valence electrons. The molecule has 0 radical (unpaired) electrons. The zero-order valence-corrected chi connectivity index (χ0v) is 13.5. The third-order valence-corrected chi connectivity index (χ3v) is 3.26. The van der Waals surface area contributed by atoms with Gasteiger partial charge >= 0.3 is 5.97 Å². The maximum Gasteiger partial charge on any atom is 0.307 e. The lowest BCUT2D eigenvalue weighted by Gasteiger charge is -2.22. The number of non-ortho nitro benzene ring substituents is 1. The average molecular weight is 322 g/mol. The Kier molecular flexibility index (Phi) is 7.73. The van der Waals surface area contributed by atoms with Crippen LogP contribution in [0.15, 0.2) is 24.3 Å². The van der Waals surface area contributed by atoms with Gasteiger partial charge in [-0.15, -0.1) is 0 Å². The first-order valence-electron chi connectivity index (χ1n) is 7.68. The van der Waals surface area contributed by atoms with E-state index in [9.17, 15) is 19.7 Å². The summed E-state index contributed by atoms with van der Waals surface area (Å²) in [6.07, 6.45) is 1.81. The van der Waals surface area contributed by atoms with Crippen LogP contribution in [-0.4, -0.2) is 41.4 Å². The standard InChI is InChI=1S/C16H22N2O5/c1-3-5-10-17(11-9-15(19)23-4-2)16(20)13-7-6-8-14(12-13)18(21)22/h6-8,12H,3-5,9-11H2,1-2H3. The zero-order valence-electron chi connectivity index (χ0n) is 13.5. The molecule has 0 unspecified atom stereocenters. The van der Waals surface area contributed by atoms with Gasteiger partial charge in [-0.3, -0.25) is 19.7 Å². The van der Waals surface area contributed by atoms with Gasteiger partial charge in [0, 0.05) is 30.8 Å². The van der Waals surface area contributed by atoms with Crippen molar-refractivity contribution in [1.82, 2.24) is 4.90 Å². The molecule has 0 aliphatic carbocycles. The monoisotopic (exact) mass is 322 g/mol. The highest BCUT2D eigenvalue weighted by Gasteiger charge is 2.19. The van der Waals surface area contributed by atoms with E-state index in [1.165, 1.54) is 18.2 Å². The predicted molar refractivity (Wildman–Crippen MR) is 85.2 cm³/mol. The SMILES string of the molecule is CCCCN(CCC(=O)OCC)C(=O)c1cccc([N+](=O)[O-])c1. The van der Waals surface area contributed by atoms with Gasteiger partial charge in [0.2, 0.25) is 0 Å². The van der Waals surface area contributed by atoms with Crippen LogP contribution >= 0.6 is 0 Å². The van der Waals surface area contributed by atoms with Crippen LogP contribution in [-0.2, 0) is 9.53 Å². The summed E-state index contributed by atoms with van der Waals surface area (Å²) < 4.78 is 4.87. The second-order valence-corrected chi connectivity index (χ2v) is 5.01. The molecule has 1 aromatic rings. The Morgan fingerprint density at radius 1 is 1.26 bits per heavy atom. The molecule has 0 N–H and O–H groups in total. The van der Waals surface area contributed by atoms with E-state index >= 15 is 0 Å². The molecule has 0 spiro atoms. The molecule has 1 amide bonds. The van der Waals surface area contributed by atoms with E-state index in [-0.39, 0.29) is 36.1 Å². The van der Waals surface area contributed by atoms with Crippen LogP contribution in [0.2, 0.25) is 0 Å². The normalized spacial score (nSPS) is 10.2. The molecule has 1 rings (SSSR count). The van der Waals surface area contributed by atoms with E-state index in [1.807, 2.05) is 6.92 Å². The van der Waals surface area contributed by atoms with Crippen molar-refractivity contribution in [3.05, 3.63) is 39.9 Å². The van der Waals surface area contributed by atoms with E-state index in [2.05, 4.69) is 0 Å². The van der Waals surface area contributed by atoms with Crippen molar-refractivity contribution in [2.45, 2.75) is 33.1 Å². The maximum atomic E-state index is 12.5. The van der Waals surface area contributed by atoms with Crippen LogP contribution in [0.5, 0.6) is 0 Å². The van der Waals surface area contributed by atoms with E-state index in [0.717, 1.165) is 12.8 Å². The van der Waals surface area contributed by atoms with Gasteiger partial charge in [0.05, 0.1) is 18.0 Å². The first kappa shape index (κ1) is 18.6. The lowest BCUT2D eigenvalue weighted by Crippen LogP contribution is -2.34. The number of benzene rings is 1. The van der Waals surface area contributed by atoms with Gasteiger partial charge < -0.3 is 9.64 Å². The van der Waals surface area contributed by atoms with Crippen LogP contribution in [0.25, 0.3) is 0 Å². The number of ether oxygens (including phenoxy) is 1. The van der Waals surface area contributed by atoms with Gasteiger partial charge in [-0.05, 0) is 19.4 Å². The van der Waals surface area contributed by atoms with Crippen LogP contribution in [0.3, 0.4) is 0 Å². The number of nitro groups is 1. The smallest absolute Gasteiger partial charge is 0.307 e. The summed E-state index contributed by atoms with van der Waals surface area (Å²) in [5.41, 5.74) is 0.121. The second kappa shape index (κ2) is 9.55. The number of esters is 1. The molecule has 0 aliphatic heterocycles. The highest BCUT2D eigenvalue weighted by Crippen LogP contribution is 2.15. The molecule has 7 nitrogen and oxygen atoms in total. The molecule has 0 saturated heterocycles. The highest BCUT2D eigenvalue weighted by molar-refractivity contribution is 5.95. The molecule has 0 heterocycles. The van der Waals surface area contributed by atoms with Crippen LogP contribution in [0.1, 0.15) is 43.5 Å². The van der Waals surface area contributed by atoms with Crippen molar-refractivity contribution < 1.29 is 19.2 Å². The molecule has 0 aromatic heterocycles. The van der Waals surface area contributed by atoms with E-state index in [1.54, 1.807) is 17.9 Å². The molecule has 1 aromatic carbocycles. The minimum atomic E-state index is -0.536. The minimum absolute atomic E-state index is 0.109.